The molecule has 0 aromatic rings. The number of rotatable bonds is 7. The third-order valence-electron chi connectivity index (χ3n) is 1.81. The van der Waals surface area contributed by atoms with Crippen LogP contribution in [0, 0.1) is 0 Å². The Morgan fingerprint density at radius 1 is 1.15 bits per heavy atom. The molecule has 0 aliphatic rings. The molecule has 0 unspecified atom stereocenters. The fourth-order valence-electron chi connectivity index (χ4n) is 1.10. The highest BCUT2D eigenvalue weighted by molar-refractivity contribution is 7.51. The molecule has 13 heavy (non-hydrogen) atoms. The van der Waals surface area contributed by atoms with Crippen LogP contribution in [0.1, 0.15) is 39.0 Å². The zero-order chi connectivity index (χ0) is 10.2. The summed E-state index contributed by atoms with van der Waals surface area (Å²) in [6.07, 6.45) is 8.99. The molecule has 4 heteroatoms. The molecule has 0 atom stereocenters. The standard InChI is InChI=1S/C9H19O3P/c1-2-3-4-5-6-7-8-9-13(10,11)12/h2-3H,4-9H2,1H3,(H2,10,11,12). The lowest BCUT2D eigenvalue weighted by Crippen LogP contribution is -1.87. The minimum atomic E-state index is -3.74. The van der Waals surface area contributed by atoms with Gasteiger partial charge in [-0.25, -0.2) is 0 Å². The van der Waals surface area contributed by atoms with E-state index in [9.17, 15) is 4.57 Å². The van der Waals surface area contributed by atoms with Crippen molar-refractivity contribution in [3.8, 4) is 0 Å². The van der Waals surface area contributed by atoms with E-state index in [1.54, 1.807) is 0 Å². The monoisotopic (exact) mass is 206 g/mol. The van der Waals surface area contributed by atoms with Gasteiger partial charge in [0.25, 0.3) is 0 Å². The molecule has 0 rings (SSSR count). The second kappa shape index (κ2) is 7.31. The lowest BCUT2D eigenvalue weighted by Gasteiger charge is -2.02. The molecule has 78 valence electrons. The second-order valence-electron chi connectivity index (χ2n) is 3.16. The van der Waals surface area contributed by atoms with Crippen molar-refractivity contribution in [2.45, 2.75) is 39.0 Å². The van der Waals surface area contributed by atoms with Crippen molar-refractivity contribution in [3.63, 3.8) is 0 Å². The average molecular weight is 206 g/mol. The Morgan fingerprint density at radius 3 is 2.31 bits per heavy atom. The number of hydrogen-bond acceptors (Lipinski definition) is 1. The summed E-state index contributed by atoms with van der Waals surface area (Å²) in [4.78, 5) is 17.1. The van der Waals surface area contributed by atoms with E-state index in [-0.39, 0.29) is 6.16 Å². The number of allylic oxidation sites excluding steroid dienone is 2. The third kappa shape index (κ3) is 11.9. The molecule has 0 aromatic carbocycles. The largest absolute Gasteiger partial charge is 0.325 e. The van der Waals surface area contributed by atoms with Crippen molar-refractivity contribution < 1.29 is 14.4 Å². The van der Waals surface area contributed by atoms with Crippen LogP contribution in [0.2, 0.25) is 0 Å². The molecule has 0 fully saturated rings. The van der Waals surface area contributed by atoms with Crippen LogP contribution in [0.5, 0.6) is 0 Å². The van der Waals surface area contributed by atoms with Gasteiger partial charge in [0, 0.05) is 6.16 Å². The zero-order valence-corrected chi connectivity index (χ0v) is 9.04. The van der Waals surface area contributed by atoms with E-state index >= 15 is 0 Å². The van der Waals surface area contributed by atoms with E-state index in [0.717, 1.165) is 25.7 Å². The van der Waals surface area contributed by atoms with E-state index in [2.05, 4.69) is 6.08 Å². The fraction of sp³-hybridized carbons (Fsp3) is 0.778. The first-order chi connectivity index (χ1) is 6.06. The second-order valence-corrected chi connectivity index (χ2v) is 4.94. The molecule has 0 saturated heterocycles. The maximum absolute atomic E-state index is 10.4. The predicted octanol–water partition coefficient (Wildman–Crippen LogP) is 2.69. The molecular weight excluding hydrogens is 187 g/mol. The molecular formula is C9H19O3P. The van der Waals surface area contributed by atoms with Crippen LogP contribution in [-0.2, 0) is 4.57 Å². The van der Waals surface area contributed by atoms with Crippen LogP contribution in [0.15, 0.2) is 12.2 Å². The first-order valence-corrected chi connectivity index (χ1v) is 6.52. The summed E-state index contributed by atoms with van der Waals surface area (Å²) < 4.78 is 10.4. The van der Waals surface area contributed by atoms with Gasteiger partial charge < -0.3 is 9.79 Å². The van der Waals surface area contributed by atoms with Gasteiger partial charge in [0.1, 0.15) is 0 Å². The summed E-state index contributed by atoms with van der Waals surface area (Å²) in [5.74, 6) is 0. The average Bonchev–Trinajstić information content (AvgIpc) is 2.01. The van der Waals surface area contributed by atoms with Gasteiger partial charge in [-0.2, -0.15) is 0 Å². The lowest BCUT2D eigenvalue weighted by atomic mass is 10.1. The smallest absolute Gasteiger partial charge is 0.324 e. The van der Waals surface area contributed by atoms with Crippen LogP contribution in [0.4, 0.5) is 0 Å². The van der Waals surface area contributed by atoms with E-state index in [0.29, 0.717) is 6.42 Å². The SMILES string of the molecule is CC=CCCCCCCP(=O)(O)O. The maximum atomic E-state index is 10.4. The van der Waals surface area contributed by atoms with E-state index < -0.39 is 7.60 Å². The number of unbranched alkanes of at least 4 members (excludes halogenated alkanes) is 4. The van der Waals surface area contributed by atoms with Crippen LogP contribution in [0.25, 0.3) is 0 Å². The molecule has 0 radical (unpaired) electrons. The molecule has 2 N–H and O–H groups in total. The lowest BCUT2D eigenvalue weighted by molar-refractivity contribution is 0.370. The van der Waals surface area contributed by atoms with Gasteiger partial charge in [0.05, 0.1) is 0 Å². The zero-order valence-electron chi connectivity index (χ0n) is 8.15. The Hall–Kier alpha value is -0.110. The normalized spacial score (nSPS) is 12.5. The molecule has 0 amide bonds. The summed E-state index contributed by atoms with van der Waals surface area (Å²) in [5.41, 5.74) is 0. The molecule has 0 aliphatic carbocycles. The van der Waals surface area contributed by atoms with Gasteiger partial charge in [0.15, 0.2) is 0 Å². The molecule has 0 saturated carbocycles. The van der Waals surface area contributed by atoms with Crippen molar-refractivity contribution in [1.29, 1.82) is 0 Å². The summed E-state index contributed by atoms with van der Waals surface area (Å²) in [7, 11) is -3.74. The van der Waals surface area contributed by atoms with Crippen molar-refractivity contribution in [2.24, 2.45) is 0 Å². The molecule has 0 bridgehead atoms. The van der Waals surface area contributed by atoms with Crippen LogP contribution < -0.4 is 0 Å². The molecule has 3 nitrogen and oxygen atoms in total. The van der Waals surface area contributed by atoms with Gasteiger partial charge in [-0.15, -0.1) is 0 Å². The Balaban J connectivity index is 3.13. The Kier molecular flexibility index (Phi) is 7.25. The molecule has 0 heterocycles. The van der Waals surface area contributed by atoms with Crippen molar-refractivity contribution >= 4 is 7.60 Å². The highest BCUT2D eigenvalue weighted by atomic mass is 31.2. The van der Waals surface area contributed by atoms with Gasteiger partial charge >= 0.3 is 7.60 Å². The Labute approximate surface area is 80.0 Å². The summed E-state index contributed by atoms with van der Waals surface area (Å²) in [6.45, 7) is 1.99. The van der Waals surface area contributed by atoms with Crippen molar-refractivity contribution in [3.05, 3.63) is 12.2 Å². The van der Waals surface area contributed by atoms with Crippen molar-refractivity contribution in [2.75, 3.05) is 6.16 Å². The van der Waals surface area contributed by atoms with E-state index in [1.165, 1.54) is 0 Å². The predicted molar refractivity (Wildman–Crippen MR) is 54.8 cm³/mol. The van der Waals surface area contributed by atoms with Gasteiger partial charge in [-0.3, -0.25) is 4.57 Å². The van der Waals surface area contributed by atoms with Crippen LogP contribution in [-0.4, -0.2) is 15.9 Å². The minimum absolute atomic E-state index is 0.0383. The highest BCUT2D eigenvalue weighted by Gasteiger charge is 2.10. The topological polar surface area (TPSA) is 57.5 Å². The first-order valence-electron chi connectivity index (χ1n) is 4.72. The first kappa shape index (κ1) is 12.9. The van der Waals surface area contributed by atoms with Gasteiger partial charge in [0.2, 0.25) is 0 Å². The Morgan fingerprint density at radius 2 is 1.77 bits per heavy atom. The van der Waals surface area contributed by atoms with Gasteiger partial charge in [-0.1, -0.05) is 25.0 Å². The number of hydrogen-bond donors (Lipinski definition) is 2. The van der Waals surface area contributed by atoms with Crippen LogP contribution >= 0.6 is 7.60 Å². The quantitative estimate of drug-likeness (QED) is 0.382. The van der Waals surface area contributed by atoms with E-state index in [4.69, 9.17) is 9.79 Å². The molecule has 0 aliphatic heterocycles. The summed E-state index contributed by atoms with van der Waals surface area (Å²) in [6, 6.07) is 0. The summed E-state index contributed by atoms with van der Waals surface area (Å²) >= 11 is 0. The third-order valence-corrected chi connectivity index (χ3v) is 2.70. The highest BCUT2D eigenvalue weighted by Crippen LogP contribution is 2.35. The molecule has 0 spiro atoms. The minimum Gasteiger partial charge on any atom is -0.324 e. The van der Waals surface area contributed by atoms with E-state index in [1.807, 2.05) is 13.0 Å². The Bertz CT molecular complexity index is 183. The maximum Gasteiger partial charge on any atom is 0.325 e. The molecule has 0 aromatic heterocycles. The van der Waals surface area contributed by atoms with Crippen LogP contribution in [0.3, 0.4) is 0 Å². The van der Waals surface area contributed by atoms with Crippen molar-refractivity contribution in [1.82, 2.24) is 0 Å². The summed E-state index contributed by atoms with van der Waals surface area (Å²) in [5, 5.41) is 0. The van der Waals surface area contributed by atoms with Gasteiger partial charge in [-0.05, 0) is 26.2 Å². The fourth-order valence-corrected chi connectivity index (χ4v) is 1.74.